The van der Waals surface area contributed by atoms with Gasteiger partial charge in [-0.2, -0.15) is 0 Å². The van der Waals surface area contributed by atoms with Gasteiger partial charge in [0, 0.05) is 32.2 Å². The van der Waals surface area contributed by atoms with Crippen LogP contribution in [-0.4, -0.2) is 59.1 Å². The molecule has 3 rings (SSSR count). The highest BCUT2D eigenvalue weighted by Crippen LogP contribution is 2.22. The van der Waals surface area contributed by atoms with Crippen molar-refractivity contribution >= 4 is 12.0 Å². The molecule has 0 bridgehead atoms. The fourth-order valence-electron chi connectivity index (χ4n) is 3.95. The van der Waals surface area contributed by atoms with Gasteiger partial charge in [0.15, 0.2) is 0 Å². The van der Waals surface area contributed by atoms with Gasteiger partial charge in [0.2, 0.25) is 5.91 Å². The summed E-state index contributed by atoms with van der Waals surface area (Å²) in [7, 11) is 0. The number of carbonyl (C=O) groups excluding carboxylic acids is 2. The maximum atomic E-state index is 12.8. The van der Waals surface area contributed by atoms with Crippen LogP contribution in [0.5, 0.6) is 0 Å². The maximum Gasteiger partial charge on any atom is 0.410 e. The molecule has 2 aliphatic rings. The highest BCUT2D eigenvalue weighted by Gasteiger charge is 2.37. The van der Waals surface area contributed by atoms with Gasteiger partial charge in [-0.25, -0.2) is 4.79 Å². The number of carbonyl (C=O) groups is 2. The molecule has 1 N–H and O–H groups in total. The molecule has 2 fully saturated rings. The van der Waals surface area contributed by atoms with Gasteiger partial charge in [-0.3, -0.25) is 14.6 Å². The fraction of sp³-hybridized carbons (Fsp3) is 0.636. The van der Waals surface area contributed by atoms with Crippen molar-refractivity contribution in [3.8, 4) is 0 Å². The van der Waals surface area contributed by atoms with Crippen molar-refractivity contribution in [3.05, 3.63) is 35.9 Å². The second kappa shape index (κ2) is 8.95. The molecule has 1 atom stereocenters. The second-order valence-corrected chi connectivity index (χ2v) is 8.88. The molecule has 6 heteroatoms. The minimum Gasteiger partial charge on any atom is -0.444 e. The van der Waals surface area contributed by atoms with Crippen LogP contribution in [0.15, 0.2) is 30.3 Å². The minimum absolute atomic E-state index is 0.0372. The molecule has 0 aromatic heterocycles. The third-order valence-electron chi connectivity index (χ3n) is 5.37. The Hall–Kier alpha value is -2.08. The van der Waals surface area contributed by atoms with E-state index in [-0.39, 0.29) is 18.0 Å². The number of likely N-dealkylation sites (tertiary alicyclic amines) is 2. The van der Waals surface area contributed by atoms with Crippen molar-refractivity contribution in [1.82, 2.24) is 15.1 Å². The van der Waals surface area contributed by atoms with E-state index in [2.05, 4.69) is 34.5 Å². The van der Waals surface area contributed by atoms with E-state index in [1.54, 1.807) is 4.90 Å². The zero-order valence-electron chi connectivity index (χ0n) is 17.3. The normalized spacial score (nSPS) is 21.5. The van der Waals surface area contributed by atoms with E-state index in [0.717, 1.165) is 38.9 Å². The molecule has 0 spiro atoms. The summed E-state index contributed by atoms with van der Waals surface area (Å²) >= 11 is 0. The summed E-state index contributed by atoms with van der Waals surface area (Å²) in [4.78, 5) is 29.2. The fourth-order valence-corrected chi connectivity index (χ4v) is 3.95. The van der Waals surface area contributed by atoms with Crippen LogP contribution in [0, 0.1) is 0 Å². The molecule has 2 saturated heterocycles. The van der Waals surface area contributed by atoms with Gasteiger partial charge in [0.05, 0.1) is 0 Å². The van der Waals surface area contributed by atoms with Gasteiger partial charge in [0.1, 0.15) is 11.6 Å². The number of rotatable bonds is 4. The number of benzene rings is 1. The SMILES string of the molecule is CC(C)(C)OC(=O)N1CCC[C@@H]1C(=O)NC1CCN(Cc2ccccc2)CC1. The Morgan fingerprint density at radius 3 is 2.39 bits per heavy atom. The Labute approximate surface area is 168 Å². The lowest BCUT2D eigenvalue weighted by atomic mass is 10.0. The van der Waals surface area contributed by atoms with E-state index in [1.807, 2.05) is 26.8 Å². The first-order valence-corrected chi connectivity index (χ1v) is 10.4. The Balaban J connectivity index is 1.46. The zero-order chi connectivity index (χ0) is 20.1. The quantitative estimate of drug-likeness (QED) is 0.862. The third kappa shape index (κ3) is 5.71. The summed E-state index contributed by atoms with van der Waals surface area (Å²) in [6.07, 6.45) is 3.04. The lowest BCUT2D eigenvalue weighted by Gasteiger charge is -2.34. The van der Waals surface area contributed by atoms with E-state index in [1.165, 1.54) is 5.56 Å². The topological polar surface area (TPSA) is 61.9 Å². The van der Waals surface area contributed by atoms with Crippen LogP contribution in [0.25, 0.3) is 0 Å². The molecule has 1 aromatic carbocycles. The first kappa shape index (κ1) is 20.6. The number of piperidine rings is 1. The molecule has 28 heavy (non-hydrogen) atoms. The van der Waals surface area contributed by atoms with Gasteiger partial charge in [-0.1, -0.05) is 30.3 Å². The van der Waals surface area contributed by atoms with Crippen molar-refractivity contribution in [3.63, 3.8) is 0 Å². The molecule has 2 amide bonds. The lowest BCUT2D eigenvalue weighted by molar-refractivity contribution is -0.126. The molecule has 1 aromatic rings. The Kier molecular flexibility index (Phi) is 6.60. The molecule has 0 saturated carbocycles. The van der Waals surface area contributed by atoms with E-state index in [4.69, 9.17) is 4.74 Å². The second-order valence-electron chi connectivity index (χ2n) is 8.88. The summed E-state index contributed by atoms with van der Waals surface area (Å²) < 4.78 is 5.46. The summed E-state index contributed by atoms with van der Waals surface area (Å²) in [5.74, 6) is -0.0372. The van der Waals surface area contributed by atoms with Crippen molar-refractivity contribution in [2.24, 2.45) is 0 Å². The van der Waals surface area contributed by atoms with Crippen LogP contribution in [-0.2, 0) is 16.1 Å². The maximum absolute atomic E-state index is 12.8. The molecule has 0 aliphatic carbocycles. The monoisotopic (exact) mass is 387 g/mol. The highest BCUT2D eigenvalue weighted by molar-refractivity contribution is 5.86. The summed E-state index contributed by atoms with van der Waals surface area (Å²) in [6, 6.07) is 10.3. The van der Waals surface area contributed by atoms with Crippen molar-refractivity contribution in [1.29, 1.82) is 0 Å². The van der Waals surface area contributed by atoms with Crippen LogP contribution < -0.4 is 5.32 Å². The number of nitrogens with one attached hydrogen (secondary N) is 1. The summed E-state index contributed by atoms with van der Waals surface area (Å²) in [5.41, 5.74) is 0.774. The van der Waals surface area contributed by atoms with Crippen LogP contribution in [0.1, 0.15) is 52.0 Å². The molecule has 6 nitrogen and oxygen atoms in total. The average Bonchev–Trinajstić information content (AvgIpc) is 3.13. The van der Waals surface area contributed by atoms with E-state index in [9.17, 15) is 9.59 Å². The zero-order valence-corrected chi connectivity index (χ0v) is 17.3. The van der Waals surface area contributed by atoms with Gasteiger partial charge < -0.3 is 10.1 Å². The first-order chi connectivity index (χ1) is 13.3. The van der Waals surface area contributed by atoms with Crippen molar-refractivity contribution < 1.29 is 14.3 Å². The molecular weight excluding hydrogens is 354 g/mol. The van der Waals surface area contributed by atoms with Gasteiger partial charge >= 0.3 is 6.09 Å². The average molecular weight is 388 g/mol. The van der Waals surface area contributed by atoms with Gasteiger partial charge in [0.25, 0.3) is 0 Å². The predicted molar refractivity (Wildman–Crippen MR) is 109 cm³/mol. The molecule has 2 heterocycles. The molecule has 2 aliphatic heterocycles. The number of amides is 2. The first-order valence-electron chi connectivity index (χ1n) is 10.4. The molecule has 154 valence electrons. The van der Waals surface area contributed by atoms with Crippen LogP contribution in [0.3, 0.4) is 0 Å². The summed E-state index contributed by atoms with van der Waals surface area (Å²) in [6.45, 7) is 9.03. The number of hydrogen-bond donors (Lipinski definition) is 1. The minimum atomic E-state index is -0.549. The largest absolute Gasteiger partial charge is 0.444 e. The van der Waals surface area contributed by atoms with Crippen molar-refractivity contribution in [2.75, 3.05) is 19.6 Å². The van der Waals surface area contributed by atoms with Crippen molar-refractivity contribution in [2.45, 2.75) is 70.7 Å². The van der Waals surface area contributed by atoms with Gasteiger partial charge in [-0.15, -0.1) is 0 Å². The van der Waals surface area contributed by atoms with E-state index < -0.39 is 11.6 Å². The Bertz CT molecular complexity index is 663. The lowest BCUT2D eigenvalue weighted by Crippen LogP contribution is -2.52. The Morgan fingerprint density at radius 2 is 1.75 bits per heavy atom. The van der Waals surface area contributed by atoms with Crippen LogP contribution >= 0.6 is 0 Å². The highest BCUT2D eigenvalue weighted by atomic mass is 16.6. The number of ether oxygens (including phenoxy) is 1. The molecule has 0 radical (unpaired) electrons. The standard InChI is InChI=1S/C22H33N3O3/c1-22(2,3)28-21(27)25-13-7-10-19(25)20(26)23-18-11-14-24(15-12-18)16-17-8-5-4-6-9-17/h4-6,8-9,18-19H,7,10-16H2,1-3H3,(H,23,26)/t19-/m1/s1. The predicted octanol–water partition coefficient (Wildman–Crippen LogP) is 3.17. The third-order valence-corrected chi connectivity index (χ3v) is 5.37. The summed E-state index contributed by atoms with van der Waals surface area (Å²) in [5, 5.41) is 3.18. The van der Waals surface area contributed by atoms with E-state index in [0.29, 0.717) is 13.0 Å². The number of nitrogens with zero attached hydrogens (tertiary/aromatic N) is 2. The van der Waals surface area contributed by atoms with Crippen LogP contribution in [0.2, 0.25) is 0 Å². The molecular formula is C22H33N3O3. The smallest absolute Gasteiger partial charge is 0.410 e. The Morgan fingerprint density at radius 1 is 1.07 bits per heavy atom. The van der Waals surface area contributed by atoms with E-state index >= 15 is 0 Å². The van der Waals surface area contributed by atoms with Crippen LogP contribution in [0.4, 0.5) is 4.79 Å². The number of hydrogen-bond acceptors (Lipinski definition) is 4. The van der Waals surface area contributed by atoms with Gasteiger partial charge in [-0.05, 0) is 52.0 Å². The molecule has 0 unspecified atom stereocenters.